The SMILES string of the molecule is O=C(CC1CCCC1)N1CC[C@@H](c2nc(-c3ccccn3)no2)C1. The smallest absolute Gasteiger partial charge is 0.231 e. The Morgan fingerprint density at radius 2 is 2.12 bits per heavy atom. The van der Waals surface area contributed by atoms with Crippen LogP contribution in [0.1, 0.15) is 50.3 Å². The van der Waals surface area contributed by atoms with E-state index in [0.717, 1.165) is 13.0 Å². The van der Waals surface area contributed by atoms with Crippen LogP contribution in [-0.2, 0) is 4.79 Å². The second kappa shape index (κ2) is 6.71. The number of carbonyl (C=O) groups excluding carboxylic acids is 1. The van der Waals surface area contributed by atoms with Crippen molar-refractivity contribution in [3.8, 4) is 11.5 Å². The molecule has 0 radical (unpaired) electrons. The Balaban J connectivity index is 1.38. The van der Waals surface area contributed by atoms with Crippen LogP contribution < -0.4 is 0 Å². The summed E-state index contributed by atoms with van der Waals surface area (Å²) in [6.45, 7) is 1.48. The fraction of sp³-hybridized carbons (Fsp3) is 0.556. The van der Waals surface area contributed by atoms with Crippen molar-refractivity contribution in [1.82, 2.24) is 20.0 Å². The van der Waals surface area contributed by atoms with Gasteiger partial charge in [-0.05, 0) is 37.3 Å². The number of likely N-dealkylation sites (tertiary alicyclic amines) is 1. The summed E-state index contributed by atoms with van der Waals surface area (Å²) in [5, 5.41) is 4.03. The number of aromatic nitrogens is 3. The highest BCUT2D eigenvalue weighted by molar-refractivity contribution is 5.76. The summed E-state index contributed by atoms with van der Waals surface area (Å²) >= 11 is 0. The molecule has 2 aromatic rings. The lowest BCUT2D eigenvalue weighted by Crippen LogP contribution is -2.29. The van der Waals surface area contributed by atoms with E-state index in [1.807, 2.05) is 23.1 Å². The van der Waals surface area contributed by atoms with Gasteiger partial charge >= 0.3 is 0 Å². The molecule has 0 N–H and O–H groups in total. The zero-order valence-electron chi connectivity index (χ0n) is 13.7. The van der Waals surface area contributed by atoms with Crippen molar-refractivity contribution in [1.29, 1.82) is 0 Å². The van der Waals surface area contributed by atoms with Gasteiger partial charge in [0.15, 0.2) is 0 Å². The fourth-order valence-corrected chi connectivity index (χ4v) is 3.78. The van der Waals surface area contributed by atoms with Crippen LogP contribution in [0.2, 0.25) is 0 Å². The summed E-state index contributed by atoms with van der Waals surface area (Å²) in [6.07, 6.45) is 8.28. The van der Waals surface area contributed by atoms with Crippen molar-refractivity contribution in [3.05, 3.63) is 30.3 Å². The lowest BCUT2D eigenvalue weighted by molar-refractivity contribution is -0.131. The molecule has 0 bridgehead atoms. The van der Waals surface area contributed by atoms with Gasteiger partial charge in [0.2, 0.25) is 17.6 Å². The van der Waals surface area contributed by atoms with Crippen LogP contribution in [0.15, 0.2) is 28.9 Å². The molecule has 2 aromatic heterocycles. The Kier molecular flexibility index (Phi) is 4.28. The fourth-order valence-electron chi connectivity index (χ4n) is 3.78. The minimum Gasteiger partial charge on any atom is -0.342 e. The number of pyridine rings is 1. The molecule has 3 heterocycles. The molecular weight excluding hydrogens is 304 g/mol. The van der Waals surface area contributed by atoms with Gasteiger partial charge in [-0.3, -0.25) is 9.78 Å². The Morgan fingerprint density at radius 1 is 1.25 bits per heavy atom. The molecule has 1 amide bonds. The Hall–Kier alpha value is -2.24. The maximum absolute atomic E-state index is 12.5. The Labute approximate surface area is 141 Å². The van der Waals surface area contributed by atoms with E-state index in [2.05, 4.69) is 15.1 Å². The predicted octanol–water partition coefficient (Wildman–Crippen LogP) is 3.03. The van der Waals surface area contributed by atoms with Gasteiger partial charge in [-0.25, -0.2) is 0 Å². The minimum atomic E-state index is 0.141. The highest BCUT2D eigenvalue weighted by atomic mass is 16.5. The molecular formula is C18H22N4O2. The van der Waals surface area contributed by atoms with Crippen LogP contribution >= 0.6 is 0 Å². The van der Waals surface area contributed by atoms with Gasteiger partial charge in [-0.2, -0.15) is 4.98 Å². The third-order valence-electron chi connectivity index (χ3n) is 5.16. The van der Waals surface area contributed by atoms with Crippen molar-refractivity contribution in [2.75, 3.05) is 13.1 Å². The lowest BCUT2D eigenvalue weighted by atomic mass is 10.0. The molecule has 2 aliphatic rings. The van der Waals surface area contributed by atoms with E-state index in [0.29, 0.717) is 36.3 Å². The number of amides is 1. The van der Waals surface area contributed by atoms with Crippen molar-refractivity contribution < 1.29 is 9.32 Å². The number of rotatable bonds is 4. The largest absolute Gasteiger partial charge is 0.342 e. The van der Waals surface area contributed by atoms with Gasteiger partial charge in [0, 0.05) is 25.7 Å². The van der Waals surface area contributed by atoms with Crippen molar-refractivity contribution in [2.45, 2.75) is 44.4 Å². The van der Waals surface area contributed by atoms with Crippen LogP contribution in [0.4, 0.5) is 0 Å². The first-order chi connectivity index (χ1) is 11.8. The van der Waals surface area contributed by atoms with Gasteiger partial charge in [0.1, 0.15) is 5.69 Å². The zero-order chi connectivity index (χ0) is 16.4. The van der Waals surface area contributed by atoms with Crippen LogP contribution in [0.3, 0.4) is 0 Å². The maximum Gasteiger partial charge on any atom is 0.231 e. The summed E-state index contributed by atoms with van der Waals surface area (Å²) in [5.41, 5.74) is 0.708. The molecule has 1 saturated heterocycles. The molecule has 4 rings (SSSR count). The highest BCUT2D eigenvalue weighted by Gasteiger charge is 2.32. The molecule has 0 unspecified atom stereocenters. The standard InChI is InChI=1S/C18H22N4O2/c23-16(11-13-5-1-2-6-13)22-10-8-14(12-22)18-20-17(21-24-18)15-7-3-4-9-19-15/h3-4,7,9,13-14H,1-2,5-6,8,10-12H2/t14-/m1/s1. The second-order valence-electron chi connectivity index (χ2n) is 6.85. The summed E-state index contributed by atoms with van der Waals surface area (Å²) in [4.78, 5) is 23.1. The lowest BCUT2D eigenvalue weighted by Gasteiger charge is -2.18. The van der Waals surface area contributed by atoms with E-state index in [1.54, 1.807) is 6.20 Å². The molecule has 6 heteroatoms. The summed E-state index contributed by atoms with van der Waals surface area (Å²) < 4.78 is 5.43. The molecule has 0 spiro atoms. The monoisotopic (exact) mass is 326 g/mol. The van der Waals surface area contributed by atoms with E-state index in [4.69, 9.17) is 4.52 Å². The van der Waals surface area contributed by atoms with Crippen molar-refractivity contribution in [2.24, 2.45) is 5.92 Å². The van der Waals surface area contributed by atoms with E-state index < -0.39 is 0 Å². The highest BCUT2D eigenvalue weighted by Crippen LogP contribution is 2.31. The topological polar surface area (TPSA) is 72.1 Å². The molecule has 2 fully saturated rings. The average molecular weight is 326 g/mol. The molecule has 1 saturated carbocycles. The molecule has 0 aromatic carbocycles. The third-order valence-corrected chi connectivity index (χ3v) is 5.16. The van der Waals surface area contributed by atoms with Crippen LogP contribution in [0.25, 0.3) is 11.5 Å². The van der Waals surface area contributed by atoms with Gasteiger partial charge in [0.25, 0.3) is 0 Å². The van der Waals surface area contributed by atoms with Crippen LogP contribution in [0, 0.1) is 5.92 Å². The number of hydrogen-bond donors (Lipinski definition) is 0. The van der Waals surface area contributed by atoms with E-state index >= 15 is 0 Å². The van der Waals surface area contributed by atoms with Gasteiger partial charge in [-0.1, -0.05) is 24.1 Å². The van der Waals surface area contributed by atoms with Crippen LogP contribution in [-0.4, -0.2) is 39.0 Å². The van der Waals surface area contributed by atoms with E-state index in [-0.39, 0.29) is 11.8 Å². The van der Waals surface area contributed by atoms with E-state index in [9.17, 15) is 4.79 Å². The number of hydrogen-bond acceptors (Lipinski definition) is 5. The minimum absolute atomic E-state index is 0.141. The maximum atomic E-state index is 12.5. The number of carbonyl (C=O) groups is 1. The molecule has 24 heavy (non-hydrogen) atoms. The summed E-state index contributed by atoms with van der Waals surface area (Å²) in [7, 11) is 0. The van der Waals surface area contributed by atoms with Gasteiger partial charge in [0.05, 0.1) is 5.92 Å². The molecule has 1 aliphatic carbocycles. The summed E-state index contributed by atoms with van der Waals surface area (Å²) in [5.74, 6) is 2.15. The van der Waals surface area contributed by atoms with Gasteiger partial charge < -0.3 is 9.42 Å². The zero-order valence-corrected chi connectivity index (χ0v) is 13.7. The molecule has 6 nitrogen and oxygen atoms in total. The van der Waals surface area contributed by atoms with Crippen molar-refractivity contribution in [3.63, 3.8) is 0 Å². The quantitative estimate of drug-likeness (QED) is 0.863. The average Bonchev–Trinajstić information content (AvgIpc) is 3.36. The van der Waals surface area contributed by atoms with Crippen LogP contribution in [0.5, 0.6) is 0 Å². The molecule has 1 atom stereocenters. The first-order valence-electron chi connectivity index (χ1n) is 8.82. The first-order valence-corrected chi connectivity index (χ1v) is 8.82. The third kappa shape index (κ3) is 3.18. The Bertz CT molecular complexity index is 694. The molecule has 1 aliphatic heterocycles. The van der Waals surface area contributed by atoms with Crippen molar-refractivity contribution >= 4 is 5.91 Å². The van der Waals surface area contributed by atoms with E-state index in [1.165, 1.54) is 25.7 Å². The Morgan fingerprint density at radius 3 is 2.92 bits per heavy atom. The summed E-state index contributed by atoms with van der Waals surface area (Å²) in [6, 6.07) is 5.62. The predicted molar refractivity (Wildman–Crippen MR) is 88.0 cm³/mol. The van der Waals surface area contributed by atoms with Gasteiger partial charge in [-0.15, -0.1) is 0 Å². The normalized spacial score (nSPS) is 21.5. The first kappa shape index (κ1) is 15.3. The molecule has 126 valence electrons. The second-order valence-corrected chi connectivity index (χ2v) is 6.85. The number of nitrogens with zero attached hydrogens (tertiary/aromatic N) is 4.